The molecule has 0 radical (unpaired) electrons. The van der Waals surface area contributed by atoms with Crippen LogP contribution in [-0.4, -0.2) is 41.1 Å². The number of carboxylic acid groups (broad SMARTS) is 1. The first-order valence-electron chi connectivity index (χ1n) is 6.88. The summed E-state index contributed by atoms with van der Waals surface area (Å²) in [6.45, 7) is 1.82. The molecule has 2 rings (SSSR count). The Hall–Kier alpha value is -1.75. The molecule has 0 spiro atoms. The summed E-state index contributed by atoms with van der Waals surface area (Å²) < 4.78 is 5.55. The van der Waals surface area contributed by atoms with Crippen molar-refractivity contribution >= 4 is 23.5 Å². The number of aliphatic carboxylic acids is 1. The average molecular weight is 312 g/mol. The summed E-state index contributed by atoms with van der Waals surface area (Å²) in [7, 11) is 0. The van der Waals surface area contributed by atoms with Gasteiger partial charge in [0.1, 0.15) is 12.3 Å². The Bertz CT molecular complexity index is 513. The predicted molar refractivity (Wildman–Crippen MR) is 78.5 cm³/mol. The van der Waals surface area contributed by atoms with Crippen molar-refractivity contribution in [2.24, 2.45) is 5.92 Å². The first kappa shape index (κ1) is 15.6. The monoisotopic (exact) mass is 311 g/mol. The normalized spacial score (nSPS) is 15.3. The van der Waals surface area contributed by atoms with Gasteiger partial charge in [-0.1, -0.05) is 11.6 Å². The van der Waals surface area contributed by atoms with E-state index in [1.54, 1.807) is 31.2 Å². The Labute approximate surface area is 128 Å². The fraction of sp³-hybridized carbons (Fsp3) is 0.467. The number of benzene rings is 1. The van der Waals surface area contributed by atoms with Gasteiger partial charge in [0.15, 0.2) is 6.10 Å². The van der Waals surface area contributed by atoms with Gasteiger partial charge in [-0.15, -0.1) is 0 Å². The summed E-state index contributed by atoms with van der Waals surface area (Å²) in [5.41, 5.74) is 0. The van der Waals surface area contributed by atoms with Crippen LogP contribution in [0, 0.1) is 5.92 Å². The molecule has 0 aromatic heterocycles. The molecule has 0 bridgehead atoms. The lowest BCUT2D eigenvalue weighted by atomic mass is 10.2. The number of amides is 1. The van der Waals surface area contributed by atoms with Crippen LogP contribution in [0.5, 0.6) is 5.75 Å². The maximum atomic E-state index is 12.3. The highest BCUT2D eigenvalue weighted by atomic mass is 35.5. The largest absolute Gasteiger partial charge is 0.481 e. The third-order valence-electron chi connectivity index (χ3n) is 3.29. The van der Waals surface area contributed by atoms with E-state index in [1.165, 1.54) is 4.90 Å². The lowest BCUT2D eigenvalue weighted by molar-refractivity contribution is -0.147. The average Bonchev–Trinajstić information content (AvgIpc) is 3.23. The first-order chi connectivity index (χ1) is 9.95. The van der Waals surface area contributed by atoms with Crippen molar-refractivity contribution in [3.63, 3.8) is 0 Å². The van der Waals surface area contributed by atoms with E-state index in [0.717, 1.165) is 12.8 Å². The van der Waals surface area contributed by atoms with E-state index < -0.39 is 12.1 Å². The van der Waals surface area contributed by atoms with Gasteiger partial charge in [-0.05, 0) is 49.9 Å². The Morgan fingerprint density at radius 3 is 2.52 bits per heavy atom. The first-order valence-corrected chi connectivity index (χ1v) is 7.26. The van der Waals surface area contributed by atoms with Gasteiger partial charge < -0.3 is 14.7 Å². The maximum Gasteiger partial charge on any atom is 0.323 e. The van der Waals surface area contributed by atoms with Crippen LogP contribution in [0.15, 0.2) is 24.3 Å². The molecule has 1 aliphatic carbocycles. The van der Waals surface area contributed by atoms with Gasteiger partial charge in [0.05, 0.1) is 0 Å². The summed E-state index contributed by atoms with van der Waals surface area (Å²) in [5, 5.41) is 9.50. The Kier molecular flexibility index (Phi) is 5.07. The van der Waals surface area contributed by atoms with Crippen LogP contribution in [0.2, 0.25) is 5.02 Å². The van der Waals surface area contributed by atoms with Crippen molar-refractivity contribution < 1.29 is 19.4 Å². The van der Waals surface area contributed by atoms with E-state index in [2.05, 4.69) is 0 Å². The SMILES string of the molecule is CC(Oc1ccc(Cl)cc1)C(=O)N(CC(=O)O)CC1CC1. The molecular formula is C15H18ClNO4. The highest BCUT2D eigenvalue weighted by Crippen LogP contribution is 2.30. The van der Waals surface area contributed by atoms with Gasteiger partial charge in [0, 0.05) is 11.6 Å². The molecule has 1 aromatic rings. The summed E-state index contributed by atoms with van der Waals surface area (Å²) in [5.74, 6) is -0.361. The third-order valence-corrected chi connectivity index (χ3v) is 3.54. The molecule has 1 fully saturated rings. The van der Waals surface area contributed by atoms with Gasteiger partial charge in [0.2, 0.25) is 0 Å². The third kappa shape index (κ3) is 4.93. The van der Waals surface area contributed by atoms with Crippen molar-refractivity contribution in [1.29, 1.82) is 0 Å². The summed E-state index contributed by atoms with van der Waals surface area (Å²) >= 11 is 5.79. The van der Waals surface area contributed by atoms with Gasteiger partial charge in [-0.3, -0.25) is 9.59 Å². The standard InChI is InChI=1S/C15H18ClNO4/c1-10(21-13-6-4-12(16)5-7-13)15(20)17(9-14(18)19)8-11-2-3-11/h4-7,10-11H,2-3,8-9H2,1H3,(H,18,19). The smallest absolute Gasteiger partial charge is 0.323 e. The number of carbonyl (C=O) groups excluding carboxylic acids is 1. The van der Waals surface area contributed by atoms with Gasteiger partial charge in [-0.2, -0.15) is 0 Å². The minimum absolute atomic E-state index is 0.288. The number of halogens is 1. The zero-order valence-electron chi connectivity index (χ0n) is 11.8. The zero-order chi connectivity index (χ0) is 15.4. The molecule has 5 nitrogen and oxygen atoms in total. The fourth-order valence-corrected chi connectivity index (χ4v) is 2.16. The molecule has 1 atom stereocenters. The fourth-order valence-electron chi connectivity index (χ4n) is 2.03. The number of carboxylic acids is 1. The molecule has 1 unspecified atom stereocenters. The molecule has 0 saturated heterocycles. The highest BCUT2D eigenvalue weighted by Gasteiger charge is 2.30. The predicted octanol–water partition coefficient (Wildman–Crippen LogP) is 2.43. The number of ether oxygens (including phenoxy) is 1. The van der Waals surface area contributed by atoms with Gasteiger partial charge in [-0.25, -0.2) is 0 Å². The lowest BCUT2D eigenvalue weighted by Crippen LogP contribution is -2.44. The molecule has 0 aliphatic heterocycles. The number of hydrogen-bond donors (Lipinski definition) is 1. The second-order valence-electron chi connectivity index (χ2n) is 5.27. The molecule has 21 heavy (non-hydrogen) atoms. The number of nitrogens with zero attached hydrogens (tertiary/aromatic N) is 1. The van der Waals surface area contributed by atoms with Crippen LogP contribution in [0.25, 0.3) is 0 Å². The van der Waals surface area contributed by atoms with Crippen molar-refractivity contribution in [3.8, 4) is 5.75 Å². The molecule has 1 aliphatic rings. The van der Waals surface area contributed by atoms with Gasteiger partial charge in [0.25, 0.3) is 5.91 Å². The molecule has 1 amide bonds. The van der Waals surface area contributed by atoms with Crippen LogP contribution < -0.4 is 4.74 Å². The Balaban J connectivity index is 1.97. The molecule has 114 valence electrons. The quantitative estimate of drug-likeness (QED) is 0.840. The summed E-state index contributed by atoms with van der Waals surface area (Å²) in [6.07, 6.45) is 1.37. The minimum atomic E-state index is -1.01. The van der Waals surface area contributed by atoms with E-state index in [0.29, 0.717) is 23.2 Å². The second-order valence-corrected chi connectivity index (χ2v) is 5.71. The number of rotatable bonds is 7. The maximum absolute atomic E-state index is 12.3. The van der Waals surface area contributed by atoms with Crippen molar-refractivity contribution in [2.45, 2.75) is 25.9 Å². The van der Waals surface area contributed by atoms with Crippen LogP contribution in [0.1, 0.15) is 19.8 Å². The number of carbonyl (C=O) groups is 2. The van der Waals surface area contributed by atoms with E-state index in [9.17, 15) is 9.59 Å². The minimum Gasteiger partial charge on any atom is -0.481 e. The van der Waals surface area contributed by atoms with Crippen molar-refractivity contribution in [1.82, 2.24) is 4.90 Å². The molecule has 6 heteroatoms. The van der Waals surface area contributed by atoms with Crippen LogP contribution in [-0.2, 0) is 9.59 Å². The van der Waals surface area contributed by atoms with Crippen LogP contribution in [0.3, 0.4) is 0 Å². The number of hydrogen-bond acceptors (Lipinski definition) is 3. The Morgan fingerprint density at radius 1 is 1.38 bits per heavy atom. The summed E-state index contributed by atoms with van der Waals surface area (Å²) in [4.78, 5) is 24.6. The molecule has 1 aromatic carbocycles. The van der Waals surface area contributed by atoms with Crippen molar-refractivity contribution in [2.75, 3.05) is 13.1 Å². The van der Waals surface area contributed by atoms with E-state index in [4.69, 9.17) is 21.4 Å². The van der Waals surface area contributed by atoms with E-state index in [-0.39, 0.29) is 12.5 Å². The molecule has 1 saturated carbocycles. The van der Waals surface area contributed by atoms with E-state index in [1.807, 2.05) is 0 Å². The van der Waals surface area contributed by atoms with Crippen LogP contribution in [0.4, 0.5) is 0 Å². The summed E-state index contributed by atoms with van der Waals surface area (Å²) in [6, 6.07) is 6.70. The van der Waals surface area contributed by atoms with Crippen molar-refractivity contribution in [3.05, 3.63) is 29.3 Å². The zero-order valence-corrected chi connectivity index (χ0v) is 12.5. The van der Waals surface area contributed by atoms with Crippen LogP contribution >= 0.6 is 11.6 Å². The molecule has 1 N–H and O–H groups in total. The topological polar surface area (TPSA) is 66.8 Å². The highest BCUT2D eigenvalue weighted by molar-refractivity contribution is 6.30. The van der Waals surface area contributed by atoms with E-state index >= 15 is 0 Å². The second kappa shape index (κ2) is 6.80. The lowest BCUT2D eigenvalue weighted by Gasteiger charge is -2.24. The molecular weight excluding hydrogens is 294 g/mol. The van der Waals surface area contributed by atoms with Gasteiger partial charge >= 0.3 is 5.97 Å². The molecule has 0 heterocycles. The Morgan fingerprint density at radius 2 is 2.00 bits per heavy atom.